The second-order valence-corrected chi connectivity index (χ2v) is 3.39. The maximum atomic E-state index is 9.41. The van der Waals surface area contributed by atoms with Crippen LogP contribution < -0.4 is 5.32 Å². The molecule has 0 bridgehead atoms. The van der Waals surface area contributed by atoms with Crippen LogP contribution in [0.2, 0.25) is 0 Å². The summed E-state index contributed by atoms with van der Waals surface area (Å²) in [6, 6.07) is 0. The number of nitrogens with one attached hydrogen (secondary N) is 1. The van der Waals surface area contributed by atoms with Crippen molar-refractivity contribution < 1.29 is 9.84 Å². The molecule has 0 aromatic rings. The molecule has 0 aliphatic rings. The van der Waals surface area contributed by atoms with Gasteiger partial charge in [-0.3, -0.25) is 0 Å². The van der Waals surface area contributed by atoms with Gasteiger partial charge in [-0.15, -0.1) is 0 Å². The summed E-state index contributed by atoms with van der Waals surface area (Å²) in [5, 5.41) is 12.5. The zero-order valence-corrected chi connectivity index (χ0v) is 9.05. The number of hydrogen-bond donors (Lipinski definition) is 2. The minimum atomic E-state index is -0.376. The van der Waals surface area contributed by atoms with Crippen molar-refractivity contribution in [3.63, 3.8) is 0 Å². The Bertz CT molecular complexity index is 109. The molecular formula is C10H23NO2. The first-order chi connectivity index (χ1) is 6.20. The highest BCUT2D eigenvalue weighted by molar-refractivity contribution is 4.58. The van der Waals surface area contributed by atoms with Crippen LogP contribution >= 0.6 is 0 Å². The second kappa shape index (κ2) is 8.48. The van der Waals surface area contributed by atoms with Gasteiger partial charge in [0.15, 0.2) is 0 Å². The summed E-state index contributed by atoms with van der Waals surface area (Å²) >= 11 is 0. The topological polar surface area (TPSA) is 41.5 Å². The van der Waals surface area contributed by atoms with Gasteiger partial charge in [0.25, 0.3) is 0 Å². The number of rotatable bonds is 8. The number of aliphatic hydroxyl groups is 1. The Kier molecular flexibility index (Phi) is 8.40. The van der Waals surface area contributed by atoms with Gasteiger partial charge in [0.2, 0.25) is 0 Å². The Morgan fingerprint density at radius 2 is 2.08 bits per heavy atom. The summed E-state index contributed by atoms with van der Waals surface area (Å²) < 4.78 is 5.45. The lowest BCUT2D eigenvalue weighted by molar-refractivity contribution is -0.00409. The highest BCUT2D eigenvalue weighted by atomic mass is 16.5. The molecule has 0 saturated carbocycles. The van der Waals surface area contributed by atoms with Crippen molar-refractivity contribution in [2.75, 3.05) is 19.7 Å². The third-order valence-corrected chi connectivity index (χ3v) is 1.90. The summed E-state index contributed by atoms with van der Waals surface area (Å²) in [7, 11) is 0. The van der Waals surface area contributed by atoms with Crippen molar-refractivity contribution in [2.24, 2.45) is 0 Å². The molecule has 2 atom stereocenters. The summed E-state index contributed by atoms with van der Waals surface area (Å²) in [5.74, 6) is 0. The second-order valence-electron chi connectivity index (χ2n) is 3.39. The van der Waals surface area contributed by atoms with Gasteiger partial charge >= 0.3 is 0 Å². The van der Waals surface area contributed by atoms with Gasteiger partial charge in [-0.1, -0.05) is 20.3 Å². The highest BCUT2D eigenvalue weighted by Gasteiger charge is 2.06. The molecule has 0 saturated heterocycles. The average Bonchev–Trinajstić information content (AvgIpc) is 2.12. The highest BCUT2D eigenvalue weighted by Crippen LogP contribution is 2.00. The van der Waals surface area contributed by atoms with Crippen molar-refractivity contribution >= 4 is 0 Å². The number of likely N-dealkylation sites (N-methyl/N-ethyl adjacent to an activating group) is 1. The zero-order chi connectivity index (χ0) is 10.1. The molecular weight excluding hydrogens is 166 g/mol. The molecule has 80 valence electrons. The van der Waals surface area contributed by atoms with Gasteiger partial charge in [0.05, 0.1) is 18.8 Å². The lowest BCUT2D eigenvalue weighted by atomic mass is 10.2. The molecule has 0 radical (unpaired) electrons. The van der Waals surface area contributed by atoms with Crippen LogP contribution in [0, 0.1) is 0 Å². The van der Waals surface area contributed by atoms with E-state index in [0.29, 0.717) is 13.2 Å². The number of ether oxygens (including phenoxy) is 1. The van der Waals surface area contributed by atoms with Crippen molar-refractivity contribution in [1.82, 2.24) is 5.32 Å². The lowest BCUT2D eigenvalue weighted by Gasteiger charge is -2.15. The molecule has 0 rings (SSSR count). The van der Waals surface area contributed by atoms with Crippen LogP contribution in [0.5, 0.6) is 0 Å². The molecule has 0 aliphatic carbocycles. The molecule has 0 aliphatic heterocycles. The fourth-order valence-corrected chi connectivity index (χ4v) is 1.14. The number of aliphatic hydroxyl groups excluding tert-OH is 1. The number of hydrogen-bond acceptors (Lipinski definition) is 3. The smallest absolute Gasteiger partial charge is 0.0897 e. The first-order valence-corrected chi connectivity index (χ1v) is 5.21. The van der Waals surface area contributed by atoms with Crippen molar-refractivity contribution in [2.45, 2.75) is 45.8 Å². The van der Waals surface area contributed by atoms with E-state index in [9.17, 15) is 5.11 Å². The van der Waals surface area contributed by atoms with E-state index in [0.717, 1.165) is 19.4 Å². The molecule has 0 spiro atoms. The predicted octanol–water partition coefficient (Wildman–Crippen LogP) is 1.16. The minimum absolute atomic E-state index is 0.265. The van der Waals surface area contributed by atoms with E-state index in [1.54, 1.807) is 0 Å². The third kappa shape index (κ3) is 8.22. The van der Waals surface area contributed by atoms with Gasteiger partial charge in [0.1, 0.15) is 0 Å². The van der Waals surface area contributed by atoms with Crippen LogP contribution in [0.3, 0.4) is 0 Å². The molecule has 0 aromatic carbocycles. The fourth-order valence-electron chi connectivity index (χ4n) is 1.14. The van der Waals surface area contributed by atoms with Gasteiger partial charge in [0, 0.05) is 6.54 Å². The SMILES string of the molecule is CCCC(C)OCC(O)CNCC. The first-order valence-electron chi connectivity index (χ1n) is 5.21. The van der Waals surface area contributed by atoms with Gasteiger partial charge in [-0.05, 0) is 19.9 Å². The van der Waals surface area contributed by atoms with E-state index in [4.69, 9.17) is 4.74 Å². The van der Waals surface area contributed by atoms with E-state index < -0.39 is 0 Å². The Morgan fingerprint density at radius 3 is 2.62 bits per heavy atom. The summed E-state index contributed by atoms with van der Waals surface area (Å²) in [6.07, 6.45) is 2.08. The Balaban J connectivity index is 3.29. The lowest BCUT2D eigenvalue weighted by Crippen LogP contribution is -2.31. The normalized spacial score (nSPS) is 15.7. The predicted molar refractivity (Wildman–Crippen MR) is 54.9 cm³/mol. The summed E-state index contributed by atoms with van der Waals surface area (Å²) in [4.78, 5) is 0. The van der Waals surface area contributed by atoms with Gasteiger partial charge < -0.3 is 15.2 Å². The molecule has 2 N–H and O–H groups in total. The summed E-state index contributed by atoms with van der Waals surface area (Å²) in [5.41, 5.74) is 0. The maximum absolute atomic E-state index is 9.41. The van der Waals surface area contributed by atoms with Crippen molar-refractivity contribution in [3.8, 4) is 0 Å². The molecule has 0 aromatic heterocycles. The maximum Gasteiger partial charge on any atom is 0.0897 e. The monoisotopic (exact) mass is 189 g/mol. The van der Waals surface area contributed by atoms with Gasteiger partial charge in [-0.2, -0.15) is 0 Å². The van der Waals surface area contributed by atoms with Crippen LogP contribution in [0.1, 0.15) is 33.6 Å². The first kappa shape index (κ1) is 12.9. The van der Waals surface area contributed by atoms with E-state index >= 15 is 0 Å². The Labute approximate surface area is 81.5 Å². The van der Waals surface area contributed by atoms with Crippen molar-refractivity contribution in [3.05, 3.63) is 0 Å². The molecule has 13 heavy (non-hydrogen) atoms. The van der Waals surface area contributed by atoms with Crippen molar-refractivity contribution in [1.29, 1.82) is 0 Å². The molecule has 3 heteroatoms. The van der Waals surface area contributed by atoms with Crippen LogP contribution in [-0.4, -0.2) is 37.0 Å². The van der Waals surface area contributed by atoms with Crippen LogP contribution in [0.4, 0.5) is 0 Å². The van der Waals surface area contributed by atoms with E-state index in [-0.39, 0.29) is 12.2 Å². The average molecular weight is 189 g/mol. The molecule has 0 amide bonds. The Morgan fingerprint density at radius 1 is 1.38 bits per heavy atom. The standard InChI is InChI=1S/C10H23NO2/c1-4-6-9(3)13-8-10(12)7-11-5-2/h9-12H,4-8H2,1-3H3. The third-order valence-electron chi connectivity index (χ3n) is 1.90. The van der Waals surface area contributed by atoms with Crippen LogP contribution in [0.25, 0.3) is 0 Å². The van der Waals surface area contributed by atoms with Gasteiger partial charge in [-0.25, -0.2) is 0 Å². The molecule has 0 heterocycles. The Hall–Kier alpha value is -0.120. The minimum Gasteiger partial charge on any atom is -0.389 e. The summed E-state index contributed by atoms with van der Waals surface area (Å²) in [6.45, 7) is 8.15. The molecule has 0 fully saturated rings. The quantitative estimate of drug-likeness (QED) is 0.602. The largest absolute Gasteiger partial charge is 0.389 e. The molecule has 2 unspecified atom stereocenters. The fraction of sp³-hybridized carbons (Fsp3) is 1.00. The van der Waals surface area contributed by atoms with E-state index in [1.165, 1.54) is 0 Å². The van der Waals surface area contributed by atoms with E-state index in [1.807, 2.05) is 13.8 Å². The zero-order valence-electron chi connectivity index (χ0n) is 9.05. The molecule has 3 nitrogen and oxygen atoms in total. The van der Waals surface area contributed by atoms with Crippen LogP contribution in [0.15, 0.2) is 0 Å². The van der Waals surface area contributed by atoms with Crippen LogP contribution in [-0.2, 0) is 4.74 Å². The van der Waals surface area contributed by atoms with E-state index in [2.05, 4.69) is 12.2 Å².